The molecule has 9 heteroatoms. The molecule has 0 spiro atoms. The average Bonchev–Trinajstić information content (AvgIpc) is 3.33. The van der Waals surface area contributed by atoms with E-state index in [1.54, 1.807) is 54.3 Å². The SMILES string of the molecule is CNC(=O)Nc1cc(-c2cccc(NC(=O)c3ccc(OCC(C)C)cc3)c2C)nn2ccnc12. The van der Waals surface area contributed by atoms with E-state index in [4.69, 9.17) is 4.74 Å². The van der Waals surface area contributed by atoms with Crippen LogP contribution in [0.25, 0.3) is 16.9 Å². The zero-order valence-electron chi connectivity index (χ0n) is 20.1. The van der Waals surface area contributed by atoms with Gasteiger partial charge < -0.3 is 20.7 Å². The Labute approximate surface area is 203 Å². The number of hydrogen-bond donors (Lipinski definition) is 3. The van der Waals surface area contributed by atoms with Gasteiger partial charge in [0.15, 0.2) is 5.65 Å². The Morgan fingerprint density at radius 2 is 1.83 bits per heavy atom. The van der Waals surface area contributed by atoms with E-state index in [-0.39, 0.29) is 11.9 Å². The van der Waals surface area contributed by atoms with Gasteiger partial charge in [-0.25, -0.2) is 14.3 Å². The number of carbonyl (C=O) groups excluding carboxylic acids is 2. The van der Waals surface area contributed by atoms with Gasteiger partial charge in [-0.3, -0.25) is 4.79 Å². The molecule has 0 fully saturated rings. The maximum Gasteiger partial charge on any atom is 0.319 e. The zero-order chi connectivity index (χ0) is 24.9. The lowest BCUT2D eigenvalue weighted by Crippen LogP contribution is -2.25. The second-order valence-electron chi connectivity index (χ2n) is 8.50. The molecule has 3 amide bonds. The van der Waals surface area contributed by atoms with Gasteiger partial charge in [-0.2, -0.15) is 5.10 Å². The molecule has 35 heavy (non-hydrogen) atoms. The molecule has 4 rings (SSSR count). The Hall–Kier alpha value is -4.40. The quantitative estimate of drug-likeness (QED) is 0.360. The second-order valence-corrected chi connectivity index (χ2v) is 8.50. The van der Waals surface area contributed by atoms with Crippen molar-refractivity contribution in [3.8, 4) is 17.0 Å². The molecule has 9 nitrogen and oxygen atoms in total. The molecule has 0 saturated carbocycles. The Kier molecular flexibility index (Phi) is 6.96. The fraction of sp³-hybridized carbons (Fsp3) is 0.231. The molecule has 2 aromatic heterocycles. The van der Waals surface area contributed by atoms with Gasteiger partial charge in [-0.1, -0.05) is 26.0 Å². The molecule has 0 radical (unpaired) electrons. The number of fused-ring (bicyclic) bond motifs is 1. The summed E-state index contributed by atoms with van der Waals surface area (Å²) >= 11 is 0. The number of urea groups is 1. The maximum absolute atomic E-state index is 12.9. The minimum atomic E-state index is -0.356. The number of amides is 3. The third kappa shape index (κ3) is 5.40. The van der Waals surface area contributed by atoms with Gasteiger partial charge in [0.05, 0.1) is 18.0 Å². The van der Waals surface area contributed by atoms with E-state index in [0.717, 1.165) is 16.9 Å². The molecule has 180 valence electrons. The minimum absolute atomic E-state index is 0.222. The highest BCUT2D eigenvalue weighted by molar-refractivity contribution is 6.05. The first-order valence-corrected chi connectivity index (χ1v) is 11.3. The van der Waals surface area contributed by atoms with E-state index in [9.17, 15) is 9.59 Å². The van der Waals surface area contributed by atoms with Crippen LogP contribution in [0.5, 0.6) is 5.75 Å². The van der Waals surface area contributed by atoms with Crippen LogP contribution in [0.4, 0.5) is 16.2 Å². The molecule has 0 atom stereocenters. The minimum Gasteiger partial charge on any atom is -0.493 e. The molecular formula is C26H28N6O3. The Bertz CT molecular complexity index is 1360. The Morgan fingerprint density at radius 1 is 1.06 bits per heavy atom. The number of benzene rings is 2. The predicted octanol–water partition coefficient (Wildman–Crippen LogP) is 4.74. The molecule has 4 aromatic rings. The van der Waals surface area contributed by atoms with E-state index in [1.165, 1.54) is 0 Å². The topological polar surface area (TPSA) is 110 Å². The summed E-state index contributed by atoms with van der Waals surface area (Å²) in [5.74, 6) is 0.934. The maximum atomic E-state index is 12.9. The van der Waals surface area contributed by atoms with Crippen LogP contribution < -0.4 is 20.7 Å². The van der Waals surface area contributed by atoms with Crippen molar-refractivity contribution in [2.75, 3.05) is 24.3 Å². The van der Waals surface area contributed by atoms with Crippen LogP contribution in [0, 0.1) is 12.8 Å². The van der Waals surface area contributed by atoms with Gasteiger partial charge in [-0.05, 0) is 54.8 Å². The summed E-state index contributed by atoms with van der Waals surface area (Å²) in [4.78, 5) is 29.1. The summed E-state index contributed by atoms with van der Waals surface area (Å²) in [5.41, 5.74) is 4.53. The summed E-state index contributed by atoms with van der Waals surface area (Å²) in [6.07, 6.45) is 3.33. The number of anilines is 2. The molecule has 0 bridgehead atoms. The Morgan fingerprint density at radius 3 is 2.54 bits per heavy atom. The summed E-state index contributed by atoms with van der Waals surface area (Å²) < 4.78 is 7.30. The van der Waals surface area contributed by atoms with Gasteiger partial charge in [-0.15, -0.1) is 0 Å². The highest BCUT2D eigenvalue weighted by Gasteiger charge is 2.15. The van der Waals surface area contributed by atoms with Gasteiger partial charge in [0.2, 0.25) is 0 Å². The monoisotopic (exact) mass is 472 g/mol. The van der Waals surface area contributed by atoms with E-state index in [1.807, 2.05) is 25.1 Å². The molecule has 0 aliphatic carbocycles. The van der Waals surface area contributed by atoms with Crippen LogP contribution in [-0.2, 0) is 0 Å². The fourth-order valence-corrected chi connectivity index (χ4v) is 3.53. The van der Waals surface area contributed by atoms with Crippen molar-refractivity contribution in [3.63, 3.8) is 0 Å². The number of nitrogens with one attached hydrogen (secondary N) is 3. The molecule has 0 aliphatic rings. The van der Waals surface area contributed by atoms with E-state index in [0.29, 0.717) is 40.8 Å². The lowest BCUT2D eigenvalue weighted by molar-refractivity contribution is 0.102. The van der Waals surface area contributed by atoms with Gasteiger partial charge in [0.25, 0.3) is 5.91 Å². The predicted molar refractivity (Wildman–Crippen MR) is 136 cm³/mol. The van der Waals surface area contributed by atoms with Crippen molar-refractivity contribution in [2.24, 2.45) is 5.92 Å². The third-order valence-corrected chi connectivity index (χ3v) is 5.39. The number of aromatic nitrogens is 3. The van der Waals surface area contributed by atoms with E-state index < -0.39 is 0 Å². The van der Waals surface area contributed by atoms with Gasteiger partial charge >= 0.3 is 6.03 Å². The standard InChI is InChI=1S/C26H28N6O3/c1-16(2)15-35-19-10-8-18(9-11-19)25(33)29-21-7-5-6-20(17(21)3)22-14-23(30-26(34)27-4)24-28-12-13-32(24)31-22/h5-14,16H,15H2,1-4H3,(H,29,33)(H2,27,30,34). The first-order valence-electron chi connectivity index (χ1n) is 11.3. The molecule has 0 aliphatic heterocycles. The van der Waals surface area contributed by atoms with E-state index >= 15 is 0 Å². The molecule has 0 unspecified atom stereocenters. The van der Waals surface area contributed by atoms with Gasteiger partial charge in [0.1, 0.15) is 5.75 Å². The summed E-state index contributed by atoms with van der Waals surface area (Å²) in [5, 5.41) is 12.9. The van der Waals surface area contributed by atoms with Crippen molar-refractivity contribution in [1.29, 1.82) is 0 Å². The van der Waals surface area contributed by atoms with Crippen molar-refractivity contribution in [2.45, 2.75) is 20.8 Å². The molecular weight excluding hydrogens is 444 g/mol. The van der Waals surface area contributed by atoms with Gasteiger partial charge in [0, 0.05) is 36.3 Å². The summed E-state index contributed by atoms with van der Waals surface area (Å²) in [7, 11) is 1.54. The van der Waals surface area contributed by atoms with Crippen LogP contribution in [0.3, 0.4) is 0 Å². The highest BCUT2D eigenvalue weighted by Crippen LogP contribution is 2.30. The van der Waals surface area contributed by atoms with Crippen LogP contribution in [0.2, 0.25) is 0 Å². The first kappa shape index (κ1) is 23.7. The normalized spacial score (nSPS) is 10.9. The number of nitrogens with zero attached hydrogens (tertiary/aromatic N) is 3. The van der Waals surface area contributed by atoms with Crippen LogP contribution in [0.1, 0.15) is 29.8 Å². The summed E-state index contributed by atoms with van der Waals surface area (Å²) in [6, 6.07) is 14.1. The van der Waals surface area contributed by atoms with Crippen molar-refractivity contribution in [3.05, 3.63) is 72.1 Å². The van der Waals surface area contributed by atoms with Crippen molar-refractivity contribution < 1.29 is 14.3 Å². The van der Waals surface area contributed by atoms with Crippen LogP contribution in [-0.4, -0.2) is 40.2 Å². The van der Waals surface area contributed by atoms with E-state index in [2.05, 4.69) is 39.9 Å². The lowest BCUT2D eigenvalue weighted by atomic mass is 10.0. The zero-order valence-corrected chi connectivity index (χ0v) is 20.1. The fourth-order valence-electron chi connectivity index (χ4n) is 3.53. The lowest BCUT2D eigenvalue weighted by Gasteiger charge is -2.14. The number of ether oxygens (including phenoxy) is 1. The van der Waals surface area contributed by atoms with Crippen molar-refractivity contribution in [1.82, 2.24) is 19.9 Å². The number of carbonyl (C=O) groups is 2. The number of imidazole rings is 1. The summed E-state index contributed by atoms with van der Waals surface area (Å²) in [6.45, 7) is 6.71. The first-order chi connectivity index (χ1) is 16.9. The molecule has 3 N–H and O–H groups in total. The molecule has 2 heterocycles. The van der Waals surface area contributed by atoms with Crippen molar-refractivity contribution >= 4 is 29.0 Å². The molecule has 0 saturated heterocycles. The Balaban J connectivity index is 1.59. The van der Waals surface area contributed by atoms with Crippen LogP contribution in [0.15, 0.2) is 60.9 Å². The second kappa shape index (κ2) is 10.3. The smallest absolute Gasteiger partial charge is 0.319 e. The number of hydrogen-bond acceptors (Lipinski definition) is 5. The largest absolute Gasteiger partial charge is 0.493 e. The average molecular weight is 473 g/mol. The molecule has 2 aromatic carbocycles. The highest BCUT2D eigenvalue weighted by atomic mass is 16.5. The third-order valence-electron chi connectivity index (χ3n) is 5.39. The van der Waals surface area contributed by atoms with Crippen LogP contribution >= 0.6 is 0 Å². The number of rotatable bonds is 7.